The molecule has 0 aliphatic carbocycles. The standard InChI is InChI=1S/C16H36N2O/c1-8-16(9-2,18(11-4)12-5)15(17-10-3)13-19-14(6)7/h14-15,17H,8-13H2,1-7H3. The summed E-state index contributed by atoms with van der Waals surface area (Å²) in [5.74, 6) is 0. The molecule has 0 aliphatic heterocycles. The quantitative estimate of drug-likeness (QED) is 0.624. The number of nitrogens with one attached hydrogen (secondary N) is 1. The van der Waals surface area contributed by atoms with Gasteiger partial charge in [-0.25, -0.2) is 0 Å². The maximum absolute atomic E-state index is 5.92. The van der Waals surface area contributed by atoms with Gasteiger partial charge >= 0.3 is 0 Å². The van der Waals surface area contributed by atoms with E-state index in [-0.39, 0.29) is 5.54 Å². The summed E-state index contributed by atoms with van der Waals surface area (Å²) in [4.78, 5) is 2.60. The third-order valence-electron chi connectivity index (χ3n) is 4.31. The number of likely N-dealkylation sites (N-methyl/N-ethyl adjacent to an activating group) is 2. The fourth-order valence-electron chi connectivity index (χ4n) is 3.20. The van der Waals surface area contributed by atoms with Crippen molar-refractivity contribution in [3.63, 3.8) is 0 Å². The molecular formula is C16H36N2O. The molecule has 1 atom stereocenters. The lowest BCUT2D eigenvalue weighted by Gasteiger charge is -2.48. The van der Waals surface area contributed by atoms with Gasteiger partial charge in [0, 0.05) is 11.6 Å². The van der Waals surface area contributed by atoms with E-state index in [0.717, 1.165) is 39.1 Å². The van der Waals surface area contributed by atoms with Crippen molar-refractivity contribution in [2.24, 2.45) is 0 Å². The number of hydrogen-bond donors (Lipinski definition) is 1. The Hall–Kier alpha value is -0.120. The van der Waals surface area contributed by atoms with E-state index in [0.29, 0.717) is 12.1 Å². The van der Waals surface area contributed by atoms with E-state index in [1.165, 1.54) is 0 Å². The molecule has 0 saturated heterocycles. The molecule has 0 aromatic carbocycles. The van der Waals surface area contributed by atoms with Crippen LogP contribution in [0.25, 0.3) is 0 Å². The van der Waals surface area contributed by atoms with E-state index >= 15 is 0 Å². The molecule has 1 N–H and O–H groups in total. The lowest BCUT2D eigenvalue weighted by atomic mass is 9.82. The fraction of sp³-hybridized carbons (Fsp3) is 1.00. The van der Waals surface area contributed by atoms with Crippen LogP contribution in [0.5, 0.6) is 0 Å². The lowest BCUT2D eigenvalue weighted by Crippen LogP contribution is -2.62. The van der Waals surface area contributed by atoms with Crippen LogP contribution >= 0.6 is 0 Å². The molecule has 19 heavy (non-hydrogen) atoms. The van der Waals surface area contributed by atoms with Gasteiger partial charge in [0.2, 0.25) is 0 Å². The smallest absolute Gasteiger partial charge is 0.0641 e. The normalized spacial score (nSPS) is 14.4. The van der Waals surface area contributed by atoms with Crippen molar-refractivity contribution < 1.29 is 4.74 Å². The van der Waals surface area contributed by atoms with Gasteiger partial charge in [-0.1, -0.05) is 34.6 Å². The summed E-state index contributed by atoms with van der Waals surface area (Å²) in [6, 6.07) is 0.398. The molecule has 0 fully saturated rings. The van der Waals surface area contributed by atoms with Gasteiger partial charge in [0.15, 0.2) is 0 Å². The first-order valence-corrected chi connectivity index (χ1v) is 8.12. The molecule has 0 aromatic rings. The fourth-order valence-corrected chi connectivity index (χ4v) is 3.20. The molecule has 0 radical (unpaired) electrons. The second kappa shape index (κ2) is 9.73. The third-order valence-corrected chi connectivity index (χ3v) is 4.31. The highest BCUT2D eigenvalue weighted by Crippen LogP contribution is 2.28. The lowest BCUT2D eigenvalue weighted by molar-refractivity contribution is -0.0125. The molecule has 0 aliphatic rings. The molecule has 0 amide bonds. The molecule has 0 rings (SSSR count). The summed E-state index contributed by atoms with van der Waals surface area (Å²) >= 11 is 0. The third kappa shape index (κ3) is 5.05. The summed E-state index contributed by atoms with van der Waals surface area (Å²) in [6.07, 6.45) is 2.61. The minimum atomic E-state index is 0.203. The van der Waals surface area contributed by atoms with Crippen LogP contribution in [0.1, 0.15) is 61.3 Å². The van der Waals surface area contributed by atoms with Crippen molar-refractivity contribution in [3.8, 4) is 0 Å². The van der Waals surface area contributed by atoms with Gasteiger partial charge < -0.3 is 10.1 Å². The average Bonchev–Trinajstić information content (AvgIpc) is 2.41. The molecule has 3 nitrogen and oxygen atoms in total. The van der Waals surface area contributed by atoms with E-state index in [1.807, 2.05) is 0 Å². The van der Waals surface area contributed by atoms with Crippen molar-refractivity contribution in [2.45, 2.75) is 79.0 Å². The van der Waals surface area contributed by atoms with E-state index in [9.17, 15) is 0 Å². The van der Waals surface area contributed by atoms with Crippen molar-refractivity contribution >= 4 is 0 Å². The number of ether oxygens (including phenoxy) is 1. The van der Waals surface area contributed by atoms with Crippen LogP contribution in [0.3, 0.4) is 0 Å². The molecule has 0 bridgehead atoms. The first-order chi connectivity index (χ1) is 9.02. The van der Waals surface area contributed by atoms with Gasteiger partial charge in [-0.2, -0.15) is 0 Å². The van der Waals surface area contributed by atoms with Crippen LogP contribution in [0.4, 0.5) is 0 Å². The zero-order chi connectivity index (χ0) is 14.9. The number of hydrogen-bond acceptors (Lipinski definition) is 3. The van der Waals surface area contributed by atoms with Crippen molar-refractivity contribution in [1.82, 2.24) is 10.2 Å². The summed E-state index contributed by atoms with van der Waals surface area (Å²) < 4.78 is 5.92. The van der Waals surface area contributed by atoms with Gasteiger partial charge in [0.1, 0.15) is 0 Å². The Morgan fingerprint density at radius 2 is 1.53 bits per heavy atom. The Morgan fingerprint density at radius 1 is 1.00 bits per heavy atom. The predicted molar refractivity (Wildman–Crippen MR) is 84.8 cm³/mol. The largest absolute Gasteiger partial charge is 0.377 e. The minimum absolute atomic E-state index is 0.203. The highest BCUT2D eigenvalue weighted by molar-refractivity contribution is 4.98. The van der Waals surface area contributed by atoms with Gasteiger partial charge in [-0.15, -0.1) is 0 Å². The van der Waals surface area contributed by atoms with Gasteiger partial charge in [-0.05, 0) is 46.3 Å². The second-order valence-corrected chi connectivity index (χ2v) is 5.48. The van der Waals surface area contributed by atoms with E-state index in [4.69, 9.17) is 4.74 Å². The first kappa shape index (κ1) is 18.9. The monoisotopic (exact) mass is 272 g/mol. The van der Waals surface area contributed by atoms with Gasteiger partial charge in [0.05, 0.1) is 12.7 Å². The van der Waals surface area contributed by atoms with Gasteiger partial charge in [-0.3, -0.25) is 4.90 Å². The van der Waals surface area contributed by atoms with Gasteiger partial charge in [0.25, 0.3) is 0 Å². The zero-order valence-electron chi connectivity index (χ0n) is 14.3. The summed E-state index contributed by atoms with van der Waals surface area (Å²) in [5.41, 5.74) is 0.203. The van der Waals surface area contributed by atoms with Crippen LogP contribution in [-0.2, 0) is 4.74 Å². The van der Waals surface area contributed by atoms with Crippen LogP contribution < -0.4 is 5.32 Å². The first-order valence-electron chi connectivity index (χ1n) is 8.12. The molecule has 0 heterocycles. The predicted octanol–water partition coefficient (Wildman–Crippen LogP) is 3.29. The van der Waals surface area contributed by atoms with Crippen molar-refractivity contribution in [1.29, 1.82) is 0 Å². The molecule has 116 valence electrons. The van der Waals surface area contributed by atoms with E-state index in [2.05, 4.69) is 58.7 Å². The Labute approximate surface area is 121 Å². The molecule has 0 spiro atoms. The van der Waals surface area contributed by atoms with E-state index < -0.39 is 0 Å². The van der Waals surface area contributed by atoms with Crippen LogP contribution in [-0.4, -0.2) is 48.8 Å². The summed E-state index contributed by atoms with van der Waals surface area (Å²) in [7, 11) is 0. The summed E-state index contributed by atoms with van der Waals surface area (Å²) in [5, 5.41) is 3.66. The maximum Gasteiger partial charge on any atom is 0.0641 e. The highest BCUT2D eigenvalue weighted by Gasteiger charge is 2.39. The molecule has 0 saturated carbocycles. The van der Waals surface area contributed by atoms with Crippen molar-refractivity contribution in [3.05, 3.63) is 0 Å². The molecular weight excluding hydrogens is 236 g/mol. The van der Waals surface area contributed by atoms with Crippen LogP contribution in [0.15, 0.2) is 0 Å². The van der Waals surface area contributed by atoms with Crippen molar-refractivity contribution in [2.75, 3.05) is 26.2 Å². The van der Waals surface area contributed by atoms with Crippen LogP contribution in [0.2, 0.25) is 0 Å². The van der Waals surface area contributed by atoms with Crippen LogP contribution in [0, 0.1) is 0 Å². The Kier molecular flexibility index (Phi) is 9.67. The molecule has 1 unspecified atom stereocenters. The zero-order valence-corrected chi connectivity index (χ0v) is 14.3. The molecule has 3 heteroatoms. The minimum Gasteiger partial charge on any atom is -0.377 e. The highest BCUT2D eigenvalue weighted by atomic mass is 16.5. The number of nitrogens with zero attached hydrogens (tertiary/aromatic N) is 1. The Bertz CT molecular complexity index is 211. The number of rotatable bonds is 11. The maximum atomic E-state index is 5.92. The second-order valence-electron chi connectivity index (χ2n) is 5.48. The Balaban J connectivity index is 5.11. The SMILES string of the molecule is CCNC(COC(C)C)C(CC)(CC)N(CC)CC. The molecule has 0 aromatic heterocycles. The average molecular weight is 272 g/mol. The Morgan fingerprint density at radius 3 is 1.84 bits per heavy atom. The van der Waals surface area contributed by atoms with E-state index in [1.54, 1.807) is 0 Å². The topological polar surface area (TPSA) is 24.5 Å². The summed E-state index contributed by atoms with van der Waals surface area (Å²) in [6.45, 7) is 19.5.